The van der Waals surface area contributed by atoms with Crippen LogP contribution in [-0.4, -0.2) is 43.6 Å². The van der Waals surface area contributed by atoms with Crippen molar-refractivity contribution < 1.29 is 23.6 Å². The van der Waals surface area contributed by atoms with Crippen molar-refractivity contribution in [1.29, 1.82) is 0 Å². The molecule has 1 amide bonds. The second-order valence-corrected chi connectivity index (χ2v) is 6.26. The first-order valence-corrected chi connectivity index (χ1v) is 8.54. The van der Waals surface area contributed by atoms with Crippen molar-refractivity contribution >= 4 is 5.91 Å². The molecular weight excluding hydrogens is 369 g/mol. The van der Waals surface area contributed by atoms with Crippen LogP contribution in [0.4, 0.5) is 4.39 Å². The van der Waals surface area contributed by atoms with Gasteiger partial charge in [0.2, 0.25) is 5.88 Å². The third-order valence-electron chi connectivity index (χ3n) is 4.04. The molecule has 0 spiro atoms. The highest BCUT2D eigenvalue weighted by Gasteiger charge is 2.19. The van der Waals surface area contributed by atoms with Crippen LogP contribution in [0.15, 0.2) is 28.9 Å². The van der Waals surface area contributed by atoms with Gasteiger partial charge < -0.3 is 19.7 Å². The molecule has 28 heavy (non-hydrogen) atoms. The maximum Gasteiger partial charge on any atom is 0.272 e. The van der Waals surface area contributed by atoms with Gasteiger partial charge in [0.25, 0.3) is 5.91 Å². The fourth-order valence-electron chi connectivity index (χ4n) is 2.46. The van der Waals surface area contributed by atoms with E-state index in [2.05, 4.69) is 20.6 Å². The third kappa shape index (κ3) is 4.17. The third-order valence-corrected chi connectivity index (χ3v) is 4.04. The van der Waals surface area contributed by atoms with Crippen LogP contribution in [-0.2, 0) is 13.7 Å². The van der Waals surface area contributed by atoms with E-state index in [1.165, 1.54) is 22.9 Å². The summed E-state index contributed by atoms with van der Waals surface area (Å²) in [6.45, 7) is 3.33. The number of carbonyl (C=O) groups excluding carboxylic acids is 1. The summed E-state index contributed by atoms with van der Waals surface area (Å²) in [4.78, 5) is 16.1. The molecule has 1 atom stereocenters. The van der Waals surface area contributed by atoms with E-state index in [0.717, 1.165) is 6.20 Å². The molecule has 0 aliphatic carbocycles. The van der Waals surface area contributed by atoms with Crippen LogP contribution >= 0.6 is 0 Å². The average Bonchev–Trinajstić information content (AvgIpc) is 3.23. The molecular formula is C18H20FN5O4. The van der Waals surface area contributed by atoms with Gasteiger partial charge in [-0.25, -0.2) is 9.07 Å². The van der Waals surface area contributed by atoms with E-state index < -0.39 is 11.7 Å². The lowest BCUT2D eigenvalue weighted by Crippen LogP contribution is -2.35. The smallest absolute Gasteiger partial charge is 0.272 e. The van der Waals surface area contributed by atoms with Gasteiger partial charge in [-0.05, 0) is 26.0 Å². The maximum atomic E-state index is 13.1. The number of carbonyl (C=O) groups is 1. The number of aliphatic hydroxyl groups is 1. The summed E-state index contributed by atoms with van der Waals surface area (Å²) in [6.07, 6.45) is 1.10. The van der Waals surface area contributed by atoms with Crippen LogP contribution in [0.25, 0.3) is 11.4 Å². The molecule has 9 nitrogen and oxygen atoms in total. The zero-order valence-corrected chi connectivity index (χ0v) is 15.6. The van der Waals surface area contributed by atoms with Crippen molar-refractivity contribution in [2.24, 2.45) is 7.05 Å². The Morgan fingerprint density at radius 1 is 1.46 bits per heavy atom. The fraction of sp³-hybridized carbons (Fsp3) is 0.333. The zero-order chi connectivity index (χ0) is 20.3. The Labute approximate surface area is 160 Å². The van der Waals surface area contributed by atoms with Crippen LogP contribution in [0.2, 0.25) is 0 Å². The number of pyridine rings is 1. The van der Waals surface area contributed by atoms with Crippen LogP contribution in [0, 0.1) is 12.7 Å². The first-order chi connectivity index (χ1) is 13.4. The van der Waals surface area contributed by atoms with Crippen molar-refractivity contribution in [2.75, 3.05) is 6.61 Å². The van der Waals surface area contributed by atoms with Gasteiger partial charge >= 0.3 is 0 Å². The molecule has 0 saturated heterocycles. The van der Waals surface area contributed by atoms with Crippen molar-refractivity contribution in [3.05, 3.63) is 47.2 Å². The molecule has 0 aromatic carbocycles. The summed E-state index contributed by atoms with van der Waals surface area (Å²) in [5, 5.41) is 19.7. The Morgan fingerprint density at radius 3 is 2.93 bits per heavy atom. The fourth-order valence-corrected chi connectivity index (χ4v) is 2.46. The summed E-state index contributed by atoms with van der Waals surface area (Å²) in [7, 11) is 1.64. The lowest BCUT2D eigenvalue weighted by atomic mass is 10.1. The first kappa shape index (κ1) is 19.5. The molecule has 2 N–H and O–H groups in total. The summed E-state index contributed by atoms with van der Waals surface area (Å²) in [6, 6.07) is 3.91. The van der Waals surface area contributed by atoms with Crippen molar-refractivity contribution in [3.8, 4) is 17.3 Å². The molecule has 3 aromatic heterocycles. The van der Waals surface area contributed by atoms with Gasteiger partial charge in [0.15, 0.2) is 5.69 Å². The highest BCUT2D eigenvalue weighted by atomic mass is 19.1. The monoisotopic (exact) mass is 389 g/mol. The van der Waals surface area contributed by atoms with E-state index in [-0.39, 0.29) is 24.9 Å². The largest absolute Gasteiger partial charge is 0.473 e. The van der Waals surface area contributed by atoms with E-state index >= 15 is 0 Å². The second-order valence-electron chi connectivity index (χ2n) is 6.26. The Balaban J connectivity index is 1.76. The normalized spacial score (nSPS) is 12.0. The molecule has 3 aromatic rings. The number of hydrogen-bond acceptors (Lipinski definition) is 7. The highest BCUT2D eigenvalue weighted by Crippen LogP contribution is 2.25. The minimum absolute atomic E-state index is 0.0946. The van der Waals surface area contributed by atoms with Crippen LogP contribution in [0.1, 0.15) is 28.7 Å². The Morgan fingerprint density at radius 2 is 2.25 bits per heavy atom. The van der Waals surface area contributed by atoms with Crippen molar-refractivity contribution in [2.45, 2.75) is 26.5 Å². The van der Waals surface area contributed by atoms with E-state index in [9.17, 15) is 9.18 Å². The average molecular weight is 389 g/mol. The van der Waals surface area contributed by atoms with Crippen molar-refractivity contribution in [1.82, 2.24) is 25.2 Å². The molecule has 148 valence electrons. The van der Waals surface area contributed by atoms with Crippen molar-refractivity contribution in [3.63, 3.8) is 0 Å². The molecule has 0 bridgehead atoms. The topological polar surface area (TPSA) is 115 Å². The number of aliphatic hydroxyl groups excluding tert-OH is 1. The maximum absolute atomic E-state index is 13.1. The van der Waals surface area contributed by atoms with Gasteiger partial charge in [-0.3, -0.25) is 9.78 Å². The predicted octanol–water partition coefficient (Wildman–Crippen LogP) is 1.61. The van der Waals surface area contributed by atoms with Gasteiger partial charge in [-0.1, -0.05) is 5.16 Å². The molecule has 0 saturated carbocycles. The van der Waals surface area contributed by atoms with E-state index in [1.54, 1.807) is 20.9 Å². The predicted molar refractivity (Wildman–Crippen MR) is 96.0 cm³/mol. The molecule has 0 fully saturated rings. The summed E-state index contributed by atoms with van der Waals surface area (Å²) in [5.41, 5.74) is 1.73. The highest BCUT2D eigenvalue weighted by molar-refractivity contribution is 5.92. The molecule has 1 unspecified atom stereocenters. The lowest BCUT2D eigenvalue weighted by molar-refractivity contribution is 0.0916. The van der Waals surface area contributed by atoms with E-state index in [0.29, 0.717) is 28.6 Å². The quantitative estimate of drug-likeness (QED) is 0.631. The molecule has 3 rings (SSSR count). The molecule has 3 heterocycles. The summed E-state index contributed by atoms with van der Waals surface area (Å²) >= 11 is 0. The Hall–Kier alpha value is -3.27. The minimum atomic E-state index is -0.446. The van der Waals surface area contributed by atoms with Gasteiger partial charge in [0.05, 0.1) is 24.1 Å². The number of nitrogens with one attached hydrogen (secondary N) is 1. The van der Waals surface area contributed by atoms with Gasteiger partial charge in [-0.15, -0.1) is 0 Å². The molecule has 0 aliphatic rings. The SMILES string of the molecule is Cc1onc(-c2ccc(F)cn2)c1COc1cc(C(=O)NC(C)CO)nn1C. The standard InChI is InChI=1S/C18H20FN5O4/c1-10(8-25)21-18(26)15-6-16(24(3)22-15)27-9-13-11(2)28-23-17(13)14-5-4-12(19)7-20-14/h4-7,10,25H,8-9H2,1-3H3,(H,21,26). The first-order valence-electron chi connectivity index (χ1n) is 8.54. The number of halogens is 1. The number of ether oxygens (including phenoxy) is 1. The van der Waals surface area contributed by atoms with Gasteiger partial charge in [0, 0.05) is 19.2 Å². The molecule has 0 radical (unpaired) electrons. The Kier molecular flexibility index (Phi) is 5.69. The van der Waals surface area contributed by atoms with Gasteiger partial charge in [0.1, 0.15) is 23.9 Å². The number of hydrogen-bond donors (Lipinski definition) is 2. The number of rotatable bonds is 7. The van der Waals surface area contributed by atoms with Gasteiger partial charge in [-0.2, -0.15) is 5.10 Å². The number of nitrogens with zero attached hydrogens (tertiary/aromatic N) is 4. The van der Waals surface area contributed by atoms with Crippen LogP contribution < -0.4 is 10.1 Å². The second kappa shape index (κ2) is 8.17. The summed E-state index contributed by atoms with van der Waals surface area (Å²) < 4.78 is 25.5. The molecule has 0 aliphatic heterocycles. The minimum Gasteiger partial charge on any atom is -0.473 e. The number of amides is 1. The number of aryl methyl sites for hydroxylation is 2. The Bertz CT molecular complexity index is 967. The van der Waals surface area contributed by atoms with Crippen LogP contribution in [0.5, 0.6) is 5.88 Å². The number of aromatic nitrogens is 4. The van der Waals surface area contributed by atoms with E-state index in [1.807, 2.05) is 0 Å². The van der Waals surface area contributed by atoms with E-state index in [4.69, 9.17) is 14.4 Å². The zero-order valence-electron chi connectivity index (χ0n) is 15.6. The summed E-state index contributed by atoms with van der Waals surface area (Å²) in [5.74, 6) is 0.0424. The lowest BCUT2D eigenvalue weighted by Gasteiger charge is -2.08. The molecule has 10 heteroatoms. The van der Waals surface area contributed by atoms with Crippen LogP contribution in [0.3, 0.4) is 0 Å².